The molecule has 88 valence electrons. The van der Waals surface area contributed by atoms with Crippen LogP contribution >= 0.6 is 0 Å². The number of nitrogens with zero attached hydrogens (tertiary/aromatic N) is 3. The summed E-state index contributed by atoms with van der Waals surface area (Å²) in [6.45, 7) is 5.36. The van der Waals surface area contributed by atoms with E-state index in [0.29, 0.717) is 5.95 Å². The molecule has 1 aromatic rings. The van der Waals surface area contributed by atoms with Gasteiger partial charge >= 0.3 is 0 Å². The standard InChI is InChI=1S/C11H19N5/c1-7-4-9(7)6-16(3)10-8(2)5-13-11(14-10)15-12/h5,7,9H,4,6,12H2,1-3H3,(H,13,14,15). The molecule has 2 atom stereocenters. The molecule has 0 saturated heterocycles. The first-order chi connectivity index (χ1) is 7.61. The summed E-state index contributed by atoms with van der Waals surface area (Å²) in [4.78, 5) is 10.6. The van der Waals surface area contributed by atoms with Gasteiger partial charge in [-0.15, -0.1) is 0 Å². The average Bonchev–Trinajstić information content (AvgIpc) is 2.94. The van der Waals surface area contributed by atoms with E-state index < -0.39 is 0 Å². The minimum absolute atomic E-state index is 0.469. The summed E-state index contributed by atoms with van der Waals surface area (Å²) in [6, 6.07) is 0. The molecule has 1 heterocycles. The van der Waals surface area contributed by atoms with E-state index in [9.17, 15) is 0 Å². The predicted molar refractivity (Wildman–Crippen MR) is 65.1 cm³/mol. The maximum absolute atomic E-state index is 5.31. The van der Waals surface area contributed by atoms with E-state index in [1.54, 1.807) is 6.20 Å². The van der Waals surface area contributed by atoms with Gasteiger partial charge in [-0.2, -0.15) is 4.98 Å². The van der Waals surface area contributed by atoms with Gasteiger partial charge in [0.1, 0.15) is 5.82 Å². The Morgan fingerprint density at radius 2 is 2.31 bits per heavy atom. The first kappa shape index (κ1) is 11.1. The minimum Gasteiger partial charge on any atom is -0.359 e. The summed E-state index contributed by atoms with van der Waals surface area (Å²) in [5.74, 6) is 8.41. The average molecular weight is 221 g/mol. The van der Waals surface area contributed by atoms with E-state index in [1.807, 2.05) is 6.92 Å². The molecule has 16 heavy (non-hydrogen) atoms. The van der Waals surface area contributed by atoms with Crippen molar-refractivity contribution in [1.82, 2.24) is 9.97 Å². The Hall–Kier alpha value is -1.36. The molecule has 0 radical (unpaired) electrons. The van der Waals surface area contributed by atoms with Crippen molar-refractivity contribution in [3.63, 3.8) is 0 Å². The fraction of sp³-hybridized carbons (Fsp3) is 0.636. The molecule has 5 heteroatoms. The maximum Gasteiger partial charge on any atom is 0.239 e. The van der Waals surface area contributed by atoms with Crippen LogP contribution in [-0.4, -0.2) is 23.6 Å². The summed E-state index contributed by atoms with van der Waals surface area (Å²) in [5, 5.41) is 0. The summed E-state index contributed by atoms with van der Waals surface area (Å²) in [7, 11) is 2.07. The first-order valence-electron chi connectivity index (χ1n) is 5.63. The molecule has 0 spiro atoms. The third-order valence-electron chi connectivity index (χ3n) is 3.22. The number of anilines is 2. The number of hydrazine groups is 1. The number of aromatic nitrogens is 2. The highest BCUT2D eigenvalue weighted by Gasteiger charge is 2.33. The van der Waals surface area contributed by atoms with Gasteiger partial charge in [0.05, 0.1) is 0 Å². The summed E-state index contributed by atoms with van der Waals surface area (Å²) in [6.07, 6.45) is 3.13. The molecule has 0 amide bonds. The maximum atomic E-state index is 5.31. The zero-order valence-electron chi connectivity index (χ0n) is 10.1. The lowest BCUT2D eigenvalue weighted by atomic mass is 10.3. The zero-order valence-corrected chi connectivity index (χ0v) is 10.1. The highest BCUT2D eigenvalue weighted by atomic mass is 15.3. The first-order valence-corrected chi connectivity index (χ1v) is 5.63. The molecular weight excluding hydrogens is 202 g/mol. The molecule has 2 unspecified atom stereocenters. The van der Waals surface area contributed by atoms with Crippen molar-refractivity contribution < 1.29 is 0 Å². The number of rotatable bonds is 4. The van der Waals surface area contributed by atoms with Crippen molar-refractivity contribution in [2.45, 2.75) is 20.3 Å². The van der Waals surface area contributed by atoms with Gasteiger partial charge < -0.3 is 4.90 Å². The van der Waals surface area contributed by atoms with Crippen LogP contribution in [-0.2, 0) is 0 Å². The second kappa shape index (κ2) is 4.25. The molecule has 0 bridgehead atoms. The van der Waals surface area contributed by atoms with Gasteiger partial charge in [0.15, 0.2) is 0 Å². The molecule has 1 aromatic heterocycles. The number of nitrogens with two attached hydrogens (primary N) is 1. The van der Waals surface area contributed by atoms with Gasteiger partial charge in [-0.1, -0.05) is 6.92 Å². The zero-order chi connectivity index (χ0) is 11.7. The van der Waals surface area contributed by atoms with Crippen molar-refractivity contribution in [3.05, 3.63) is 11.8 Å². The third kappa shape index (κ3) is 2.24. The van der Waals surface area contributed by atoms with Crippen LogP contribution in [0.2, 0.25) is 0 Å². The molecule has 1 fully saturated rings. The van der Waals surface area contributed by atoms with Crippen LogP contribution in [0.1, 0.15) is 18.9 Å². The van der Waals surface area contributed by atoms with Crippen LogP contribution in [0.5, 0.6) is 0 Å². The summed E-state index contributed by atoms with van der Waals surface area (Å²) >= 11 is 0. The van der Waals surface area contributed by atoms with E-state index in [4.69, 9.17) is 5.84 Å². The molecule has 1 saturated carbocycles. The van der Waals surface area contributed by atoms with E-state index in [2.05, 4.69) is 34.3 Å². The molecule has 0 aromatic carbocycles. The quantitative estimate of drug-likeness (QED) is 0.590. The lowest BCUT2D eigenvalue weighted by Gasteiger charge is -2.20. The lowest BCUT2D eigenvalue weighted by Crippen LogP contribution is -2.23. The van der Waals surface area contributed by atoms with Gasteiger partial charge in [-0.3, -0.25) is 5.43 Å². The fourth-order valence-electron chi connectivity index (χ4n) is 1.98. The SMILES string of the molecule is Cc1cnc(NN)nc1N(C)CC1CC1C. The fourth-order valence-corrected chi connectivity index (χ4v) is 1.98. The lowest BCUT2D eigenvalue weighted by molar-refractivity contribution is 0.717. The molecular formula is C11H19N5. The van der Waals surface area contributed by atoms with Crippen LogP contribution in [0.25, 0.3) is 0 Å². The number of aryl methyl sites for hydroxylation is 1. The van der Waals surface area contributed by atoms with Crippen molar-refractivity contribution in [1.29, 1.82) is 0 Å². The highest BCUT2D eigenvalue weighted by Crippen LogP contribution is 2.38. The Balaban J connectivity index is 2.11. The van der Waals surface area contributed by atoms with Crippen molar-refractivity contribution in [2.24, 2.45) is 17.7 Å². The molecule has 1 aliphatic carbocycles. The Kier molecular flexibility index (Phi) is 2.96. The summed E-state index contributed by atoms with van der Waals surface area (Å²) in [5.41, 5.74) is 3.56. The Morgan fingerprint density at radius 1 is 1.62 bits per heavy atom. The number of hydrogen-bond acceptors (Lipinski definition) is 5. The van der Waals surface area contributed by atoms with Gasteiger partial charge in [-0.05, 0) is 25.2 Å². The Bertz CT molecular complexity index is 379. The van der Waals surface area contributed by atoms with Crippen molar-refractivity contribution >= 4 is 11.8 Å². The van der Waals surface area contributed by atoms with Crippen LogP contribution in [0.4, 0.5) is 11.8 Å². The highest BCUT2D eigenvalue weighted by molar-refractivity contribution is 5.48. The second-order valence-corrected chi connectivity index (χ2v) is 4.70. The van der Waals surface area contributed by atoms with Gasteiger partial charge in [-0.25, -0.2) is 10.8 Å². The number of hydrogen-bond donors (Lipinski definition) is 2. The molecule has 0 aliphatic heterocycles. The molecule has 3 N–H and O–H groups in total. The minimum atomic E-state index is 0.469. The summed E-state index contributed by atoms with van der Waals surface area (Å²) < 4.78 is 0. The topological polar surface area (TPSA) is 67.1 Å². The monoisotopic (exact) mass is 221 g/mol. The third-order valence-corrected chi connectivity index (χ3v) is 3.22. The largest absolute Gasteiger partial charge is 0.359 e. The number of nitrogen functional groups attached to an aromatic ring is 1. The van der Waals surface area contributed by atoms with E-state index in [-0.39, 0.29) is 0 Å². The molecule has 5 nitrogen and oxygen atoms in total. The predicted octanol–water partition coefficient (Wildman–Crippen LogP) is 1.16. The number of nitrogens with one attached hydrogen (secondary N) is 1. The Morgan fingerprint density at radius 3 is 2.88 bits per heavy atom. The van der Waals surface area contributed by atoms with Gasteiger partial charge in [0.2, 0.25) is 5.95 Å². The molecule has 2 rings (SSSR count). The second-order valence-electron chi connectivity index (χ2n) is 4.70. The van der Waals surface area contributed by atoms with E-state index in [0.717, 1.165) is 29.8 Å². The van der Waals surface area contributed by atoms with Crippen molar-refractivity contribution in [2.75, 3.05) is 23.9 Å². The van der Waals surface area contributed by atoms with Crippen LogP contribution in [0.15, 0.2) is 6.20 Å². The van der Waals surface area contributed by atoms with E-state index in [1.165, 1.54) is 6.42 Å². The van der Waals surface area contributed by atoms with Crippen LogP contribution in [0, 0.1) is 18.8 Å². The van der Waals surface area contributed by atoms with Crippen molar-refractivity contribution in [3.8, 4) is 0 Å². The Labute approximate surface area is 96.0 Å². The van der Waals surface area contributed by atoms with Gasteiger partial charge in [0, 0.05) is 25.4 Å². The van der Waals surface area contributed by atoms with Crippen LogP contribution < -0.4 is 16.2 Å². The van der Waals surface area contributed by atoms with Gasteiger partial charge in [0.25, 0.3) is 0 Å². The van der Waals surface area contributed by atoms with Crippen LogP contribution in [0.3, 0.4) is 0 Å². The normalized spacial score (nSPS) is 23.0. The smallest absolute Gasteiger partial charge is 0.239 e. The van der Waals surface area contributed by atoms with E-state index >= 15 is 0 Å². The molecule has 1 aliphatic rings.